The zero-order chi connectivity index (χ0) is 22.6. The molecule has 2 heterocycles. The maximum atomic E-state index is 13.1. The molecule has 162 valence electrons. The predicted molar refractivity (Wildman–Crippen MR) is 126 cm³/mol. The van der Waals surface area contributed by atoms with Gasteiger partial charge in [-0.2, -0.15) is 5.10 Å². The van der Waals surface area contributed by atoms with Crippen LogP contribution in [0.3, 0.4) is 0 Å². The molecule has 0 radical (unpaired) electrons. The van der Waals surface area contributed by atoms with E-state index in [1.807, 2.05) is 48.5 Å². The van der Waals surface area contributed by atoms with E-state index in [0.29, 0.717) is 12.0 Å². The number of ether oxygens (including phenoxy) is 1. The summed E-state index contributed by atoms with van der Waals surface area (Å²) < 4.78 is 5.26. The number of nitrogens with zero attached hydrogens (tertiary/aromatic N) is 3. The minimum atomic E-state index is -0.569. The Hall–Kier alpha value is -4.32. The number of pyridine rings is 1. The van der Waals surface area contributed by atoms with Gasteiger partial charge >= 0.3 is 5.97 Å². The molecule has 6 heteroatoms. The van der Waals surface area contributed by atoms with E-state index in [-0.39, 0.29) is 18.6 Å². The van der Waals surface area contributed by atoms with Gasteiger partial charge in [-0.3, -0.25) is 9.78 Å². The molecule has 1 aromatic heterocycles. The number of aromatic nitrogens is 1. The lowest BCUT2D eigenvalue weighted by atomic mass is 9.97. The first kappa shape index (κ1) is 20.6. The molecule has 1 aliphatic heterocycles. The van der Waals surface area contributed by atoms with Crippen LogP contribution in [0.2, 0.25) is 0 Å². The molecule has 0 bridgehead atoms. The van der Waals surface area contributed by atoms with Crippen molar-refractivity contribution in [2.45, 2.75) is 12.5 Å². The minimum Gasteiger partial charge on any atom is -0.452 e. The number of esters is 1. The predicted octanol–water partition coefficient (Wildman–Crippen LogP) is 4.77. The molecule has 6 nitrogen and oxygen atoms in total. The summed E-state index contributed by atoms with van der Waals surface area (Å²) in [7, 11) is 0. The third-order valence-electron chi connectivity index (χ3n) is 5.68. The number of rotatable bonds is 5. The Morgan fingerprint density at radius 1 is 0.879 bits per heavy atom. The maximum Gasteiger partial charge on any atom is 0.338 e. The van der Waals surface area contributed by atoms with E-state index in [4.69, 9.17) is 4.74 Å². The van der Waals surface area contributed by atoms with E-state index in [1.165, 1.54) is 17.4 Å². The van der Waals surface area contributed by atoms with Crippen molar-refractivity contribution in [3.05, 3.63) is 114 Å². The Labute approximate surface area is 191 Å². The second-order valence-electron chi connectivity index (χ2n) is 7.79. The number of benzene rings is 3. The van der Waals surface area contributed by atoms with E-state index >= 15 is 0 Å². The molecule has 33 heavy (non-hydrogen) atoms. The third-order valence-corrected chi connectivity index (χ3v) is 5.68. The van der Waals surface area contributed by atoms with E-state index in [0.717, 1.165) is 27.6 Å². The van der Waals surface area contributed by atoms with Crippen molar-refractivity contribution in [3.63, 3.8) is 0 Å². The van der Waals surface area contributed by atoms with Crippen LogP contribution in [-0.4, -0.2) is 34.2 Å². The number of fused-ring (bicyclic) bond motifs is 1. The summed E-state index contributed by atoms with van der Waals surface area (Å²) >= 11 is 0. The molecular formula is C27H21N3O3. The van der Waals surface area contributed by atoms with Gasteiger partial charge in [0.2, 0.25) is 0 Å². The Balaban J connectivity index is 1.40. The summed E-state index contributed by atoms with van der Waals surface area (Å²) in [5, 5.41) is 8.38. The molecular weight excluding hydrogens is 414 g/mol. The van der Waals surface area contributed by atoms with Crippen molar-refractivity contribution >= 4 is 28.4 Å². The van der Waals surface area contributed by atoms with Crippen molar-refractivity contribution in [3.8, 4) is 0 Å². The van der Waals surface area contributed by atoms with Gasteiger partial charge in [0.25, 0.3) is 5.91 Å². The van der Waals surface area contributed by atoms with E-state index in [2.05, 4.69) is 34.4 Å². The molecule has 1 atom stereocenters. The first-order chi connectivity index (χ1) is 16.2. The fourth-order valence-electron chi connectivity index (χ4n) is 3.98. The van der Waals surface area contributed by atoms with Crippen molar-refractivity contribution in [2.75, 3.05) is 6.61 Å². The van der Waals surface area contributed by atoms with Crippen LogP contribution in [0, 0.1) is 0 Å². The normalized spacial score (nSPS) is 15.3. The second-order valence-corrected chi connectivity index (χ2v) is 7.79. The molecule has 1 aliphatic rings. The summed E-state index contributed by atoms with van der Waals surface area (Å²) in [6, 6.07) is 26.9. The van der Waals surface area contributed by atoms with Crippen LogP contribution in [0.25, 0.3) is 10.8 Å². The van der Waals surface area contributed by atoms with Gasteiger partial charge in [-0.05, 0) is 40.1 Å². The monoisotopic (exact) mass is 435 g/mol. The van der Waals surface area contributed by atoms with Crippen molar-refractivity contribution in [1.29, 1.82) is 0 Å². The van der Waals surface area contributed by atoms with E-state index in [9.17, 15) is 9.59 Å². The molecule has 0 N–H and O–H groups in total. The minimum absolute atomic E-state index is 0.264. The molecule has 5 rings (SSSR count). The second kappa shape index (κ2) is 9.04. The molecule has 0 saturated carbocycles. The highest BCUT2D eigenvalue weighted by Gasteiger charge is 2.33. The smallest absolute Gasteiger partial charge is 0.338 e. The van der Waals surface area contributed by atoms with Crippen molar-refractivity contribution < 1.29 is 14.3 Å². The summed E-state index contributed by atoms with van der Waals surface area (Å²) in [5.74, 6) is -0.943. The first-order valence-corrected chi connectivity index (χ1v) is 10.7. The lowest BCUT2D eigenvalue weighted by molar-refractivity contribution is -0.136. The zero-order valence-electron chi connectivity index (χ0n) is 17.8. The highest BCUT2D eigenvalue weighted by molar-refractivity contribution is 6.05. The Morgan fingerprint density at radius 3 is 2.39 bits per heavy atom. The molecule has 4 aromatic rings. The van der Waals surface area contributed by atoms with Gasteiger partial charge in [-0.1, -0.05) is 66.7 Å². The molecule has 0 unspecified atom stereocenters. The van der Waals surface area contributed by atoms with Crippen LogP contribution in [0.5, 0.6) is 0 Å². The molecule has 0 fully saturated rings. The van der Waals surface area contributed by atoms with Crippen molar-refractivity contribution in [2.24, 2.45) is 5.10 Å². The standard InChI is InChI=1S/C27H21N3O3/c31-26(18-33-27(32)21-12-14-28-15-13-21)30-25(20-7-2-1-3-8-20)17-24(29-30)23-11-10-19-6-4-5-9-22(19)16-23/h1-16,25H,17-18H2/t25-/m1/s1. The van der Waals surface area contributed by atoms with Gasteiger partial charge in [-0.15, -0.1) is 0 Å². The summed E-state index contributed by atoms with van der Waals surface area (Å²) in [5.41, 5.74) is 3.12. The quantitative estimate of drug-likeness (QED) is 0.424. The van der Waals surface area contributed by atoms with Gasteiger partial charge in [0, 0.05) is 18.8 Å². The largest absolute Gasteiger partial charge is 0.452 e. The van der Waals surface area contributed by atoms with Gasteiger partial charge in [0.15, 0.2) is 6.61 Å². The molecule has 1 amide bonds. The van der Waals surface area contributed by atoms with Gasteiger partial charge in [0.1, 0.15) is 0 Å². The molecule has 0 spiro atoms. The van der Waals surface area contributed by atoms with Gasteiger partial charge in [-0.25, -0.2) is 9.80 Å². The highest BCUT2D eigenvalue weighted by atomic mass is 16.5. The fraction of sp³-hybridized carbons (Fsp3) is 0.111. The van der Waals surface area contributed by atoms with Crippen LogP contribution in [0.15, 0.2) is 102 Å². The van der Waals surface area contributed by atoms with Crippen LogP contribution >= 0.6 is 0 Å². The SMILES string of the molecule is O=C(OCC(=O)N1N=C(c2ccc3ccccc3c2)C[C@@H]1c1ccccc1)c1ccncc1. The van der Waals surface area contributed by atoms with Gasteiger partial charge in [0.05, 0.1) is 17.3 Å². The third kappa shape index (κ3) is 4.36. The van der Waals surface area contributed by atoms with Crippen LogP contribution in [-0.2, 0) is 9.53 Å². The highest BCUT2D eigenvalue weighted by Crippen LogP contribution is 2.33. The van der Waals surface area contributed by atoms with E-state index < -0.39 is 5.97 Å². The topological polar surface area (TPSA) is 71.9 Å². The zero-order valence-corrected chi connectivity index (χ0v) is 17.8. The number of carbonyl (C=O) groups is 2. The summed E-state index contributed by atoms with van der Waals surface area (Å²) in [6.07, 6.45) is 3.58. The lowest BCUT2D eigenvalue weighted by Crippen LogP contribution is -2.31. The lowest BCUT2D eigenvalue weighted by Gasteiger charge is -2.21. The van der Waals surface area contributed by atoms with E-state index in [1.54, 1.807) is 12.1 Å². The maximum absolute atomic E-state index is 13.1. The van der Waals surface area contributed by atoms with Crippen LogP contribution in [0.1, 0.15) is 33.9 Å². The Bertz CT molecular complexity index is 1340. The summed E-state index contributed by atoms with van der Waals surface area (Å²) in [6.45, 7) is -0.390. The number of hydrazone groups is 1. The number of hydrogen-bond donors (Lipinski definition) is 0. The number of carbonyl (C=O) groups excluding carboxylic acids is 2. The number of hydrogen-bond acceptors (Lipinski definition) is 5. The average molecular weight is 435 g/mol. The summed E-state index contributed by atoms with van der Waals surface area (Å²) in [4.78, 5) is 29.2. The Morgan fingerprint density at radius 2 is 1.61 bits per heavy atom. The fourth-order valence-corrected chi connectivity index (χ4v) is 3.98. The van der Waals surface area contributed by atoms with Crippen LogP contribution in [0.4, 0.5) is 0 Å². The molecule has 0 aliphatic carbocycles. The van der Waals surface area contributed by atoms with Crippen LogP contribution < -0.4 is 0 Å². The number of amides is 1. The van der Waals surface area contributed by atoms with Gasteiger partial charge < -0.3 is 4.74 Å². The van der Waals surface area contributed by atoms with Crippen molar-refractivity contribution in [1.82, 2.24) is 9.99 Å². The Kier molecular flexibility index (Phi) is 5.64. The average Bonchev–Trinajstić information content (AvgIpc) is 3.33. The molecule has 3 aromatic carbocycles. The first-order valence-electron chi connectivity index (χ1n) is 10.7. The molecule has 0 saturated heterocycles.